The lowest BCUT2D eigenvalue weighted by Crippen LogP contribution is -2.27. The molecular weight excluding hydrogens is 476 g/mol. The van der Waals surface area contributed by atoms with E-state index in [-0.39, 0.29) is 22.4 Å². The van der Waals surface area contributed by atoms with Gasteiger partial charge in [-0.3, -0.25) is 4.79 Å². The monoisotopic (exact) mass is 496 g/mol. The smallest absolute Gasteiger partial charge is 0.273 e. The van der Waals surface area contributed by atoms with Gasteiger partial charge in [0.25, 0.3) is 15.9 Å². The first kappa shape index (κ1) is 21.9. The highest BCUT2D eigenvalue weighted by Crippen LogP contribution is 2.32. The average Bonchev–Trinajstić information content (AvgIpc) is 3.58. The molecule has 0 atom stereocenters. The number of nitrogen functional groups attached to an aromatic ring is 1. The zero-order valence-corrected chi connectivity index (χ0v) is 19.8. The zero-order valence-electron chi connectivity index (χ0n) is 18.9. The molecule has 0 radical (unpaired) electrons. The Hall–Kier alpha value is -4.57. The predicted octanol–water partition coefficient (Wildman–Crippen LogP) is 3.47. The lowest BCUT2D eigenvalue weighted by Gasteiger charge is -2.17. The van der Waals surface area contributed by atoms with Gasteiger partial charge in [0.05, 0.1) is 10.4 Å². The molecule has 0 saturated heterocycles. The molecule has 1 aliphatic rings. The van der Waals surface area contributed by atoms with Crippen molar-refractivity contribution in [2.75, 3.05) is 5.73 Å². The van der Waals surface area contributed by atoms with Crippen molar-refractivity contribution in [3.8, 4) is 11.1 Å². The molecule has 5 aromatic rings. The molecule has 9 nitrogen and oxygen atoms in total. The molecule has 0 fully saturated rings. The molecule has 36 heavy (non-hydrogen) atoms. The number of imidazole rings is 1. The van der Waals surface area contributed by atoms with E-state index in [1.54, 1.807) is 47.4 Å². The van der Waals surface area contributed by atoms with Gasteiger partial charge in [-0.1, -0.05) is 48.5 Å². The summed E-state index contributed by atoms with van der Waals surface area (Å²) < 4.78 is 27.6. The molecule has 0 unspecified atom stereocenters. The summed E-state index contributed by atoms with van der Waals surface area (Å²) in [7, 11) is -3.88. The van der Waals surface area contributed by atoms with Crippen molar-refractivity contribution in [1.82, 2.24) is 23.8 Å². The molecule has 2 N–H and O–H groups in total. The number of hydrogen-bond donors (Lipinski definition) is 1. The Morgan fingerprint density at radius 1 is 0.917 bits per heavy atom. The van der Waals surface area contributed by atoms with Crippen LogP contribution in [-0.2, 0) is 23.1 Å². The van der Waals surface area contributed by atoms with E-state index in [2.05, 4.69) is 15.0 Å². The van der Waals surface area contributed by atoms with Crippen molar-refractivity contribution in [2.45, 2.75) is 18.0 Å². The third-order valence-electron chi connectivity index (χ3n) is 6.28. The minimum absolute atomic E-state index is 0.00148. The Kier molecular flexibility index (Phi) is 5.04. The lowest BCUT2D eigenvalue weighted by atomic mass is 10.0. The third kappa shape index (κ3) is 3.59. The highest BCUT2D eigenvalue weighted by Gasteiger charge is 2.27. The van der Waals surface area contributed by atoms with Crippen molar-refractivity contribution in [3.05, 3.63) is 102 Å². The van der Waals surface area contributed by atoms with Crippen LogP contribution in [0.2, 0.25) is 0 Å². The zero-order chi connectivity index (χ0) is 24.9. The number of anilines is 1. The fourth-order valence-corrected chi connectivity index (χ4v) is 5.87. The normalized spacial score (nSPS) is 13.2. The Morgan fingerprint density at radius 2 is 1.64 bits per heavy atom. The summed E-state index contributed by atoms with van der Waals surface area (Å²) in [4.78, 5) is 27.9. The molecule has 10 heteroatoms. The van der Waals surface area contributed by atoms with Gasteiger partial charge in [-0.05, 0) is 34.9 Å². The van der Waals surface area contributed by atoms with Gasteiger partial charge in [0.15, 0.2) is 0 Å². The van der Waals surface area contributed by atoms with Gasteiger partial charge >= 0.3 is 0 Å². The third-order valence-corrected chi connectivity index (χ3v) is 7.96. The number of carbonyl (C=O) groups excluding carboxylic acids is 1. The van der Waals surface area contributed by atoms with E-state index in [1.807, 2.05) is 24.3 Å². The molecular formula is C26H20N6O3S. The van der Waals surface area contributed by atoms with Crippen molar-refractivity contribution in [2.24, 2.45) is 0 Å². The highest BCUT2D eigenvalue weighted by molar-refractivity contribution is 7.90. The minimum atomic E-state index is -3.88. The molecule has 6 rings (SSSR count). The maximum Gasteiger partial charge on any atom is 0.273 e. The summed E-state index contributed by atoms with van der Waals surface area (Å²) in [5.74, 6) is -0.264. The second-order valence-electron chi connectivity index (χ2n) is 8.49. The van der Waals surface area contributed by atoms with E-state index in [0.717, 1.165) is 15.1 Å². The topological polar surface area (TPSA) is 124 Å². The van der Waals surface area contributed by atoms with Crippen LogP contribution in [0, 0.1) is 0 Å². The van der Waals surface area contributed by atoms with Crippen LogP contribution in [0.25, 0.3) is 22.0 Å². The van der Waals surface area contributed by atoms with Gasteiger partial charge in [0.2, 0.25) is 5.95 Å². The van der Waals surface area contributed by atoms with Gasteiger partial charge in [-0.2, -0.15) is 0 Å². The minimum Gasteiger partial charge on any atom is -0.368 e. The average molecular weight is 497 g/mol. The van der Waals surface area contributed by atoms with Crippen molar-refractivity contribution in [1.29, 1.82) is 0 Å². The Labute approximate surface area is 206 Å². The number of rotatable bonds is 4. The van der Waals surface area contributed by atoms with Crippen molar-refractivity contribution < 1.29 is 13.2 Å². The molecule has 178 valence electrons. The van der Waals surface area contributed by atoms with Crippen LogP contribution in [0.5, 0.6) is 0 Å². The maximum atomic E-state index is 13.6. The number of nitrogens with two attached hydrogens (primary N) is 1. The summed E-state index contributed by atoms with van der Waals surface area (Å²) >= 11 is 0. The number of carbonyl (C=O) groups is 1. The van der Waals surface area contributed by atoms with Gasteiger partial charge in [0, 0.05) is 36.4 Å². The summed E-state index contributed by atoms with van der Waals surface area (Å²) in [5, 5.41) is 0.498. The Balaban J connectivity index is 1.47. The van der Waals surface area contributed by atoms with Gasteiger partial charge in [-0.25, -0.2) is 27.3 Å². The molecule has 3 aromatic carbocycles. The van der Waals surface area contributed by atoms with E-state index in [0.29, 0.717) is 35.1 Å². The van der Waals surface area contributed by atoms with Crippen LogP contribution in [0.4, 0.5) is 5.95 Å². The molecule has 1 amide bonds. The Morgan fingerprint density at radius 3 is 2.36 bits per heavy atom. The predicted molar refractivity (Wildman–Crippen MR) is 134 cm³/mol. The number of amides is 1. The van der Waals surface area contributed by atoms with Crippen LogP contribution >= 0.6 is 0 Å². The summed E-state index contributed by atoms with van der Waals surface area (Å²) in [6, 6.07) is 19.8. The van der Waals surface area contributed by atoms with Crippen molar-refractivity contribution >= 4 is 32.8 Å². The number of benzene rings is 3. The molecule has 0 saturated carbocycles. The fraction of sp³-hybridized carbons (Fsp3) is 0.0769. The van der Waals surface area contributed by atoms with Gasteiger partial charge in [-0.15, -0.1) is 0 Å². The Bertz CT molecular complexity index is 1720. The summed E-state index contributed by atoms with van der Waals surface area (Å²) in [6.45, 7) is 0.957. The summed E-state index contributed by atoms with van der Waals surface area (Å²) in [5.41, 5.74) is 9.91. The fourth-order valence-electron chi connectivity index (χ4n) is 4.54. The largest absolute Gasteiger partial charge is 0.368 e. The quantitative estimate of drug-likeness (QED) is 0.404. The first-order valence-corrected chi connectivity index (χ1v) is 12.6. The molecule has 3 heterocycles. The van der Waals surface area contributed by atoms with E-state index < -0.39 is 10.0 Å². The van der Waals surface area contributed by atoms with Crippen molar-refractivity contribution in [3.63, 3.8) is 0 Å². The molecule has 2 aromatic heterocycles. The molecule has 0 aliphatic carbocycles. The van der Waals surface area contributed by atoms with E-state index >= 15 is 0 Å². The van der Waals surface area contributed by atoms with E-state index in [4.69, 9.17) is 5.73 Å². The first-order valence-electron chi connectivity index (χ1n) is 11.2. The van der Waals surface area contributed by atoms with Gasteiger partial charge in [0.1, 0.15) is 12.0 Å². The molecule has 1 aliphatic heterocycles. The van der Waals surface area contributed by atoms with Crippen LogP contribution in [0.1, 0.15) is 21.6 Å². The second kappa shape index (κ2) is 8.28. The number of nitrogens with zero attached hydrogens (tertiary/aromatic N) is 5. The summed E-state index contributed by atoms with van der Waals surface area (Å²) in [6.07, 6.45) is 4.04. The molecule has 0 spiro atoms. The maximum absolute atomic E-state index is 13.6. The highest BCUT2D eigenvalue weighted by atomic mass is 32.2. The molecule has 0 bridgehead atoms. The van der Waals surface area contributed by atoms with Crippen LogP contribution in [0.3, 0.4) is 0 Å². The van der Waals surface area contributed by atoms with Crippen LogP contribution < -0.4 is 5.73 Å². The van der Waals surface area contributed by atoms with Crippen LogP contribution in [-0.4, -0.2) is 38.1 Å². The lowest BCUT2D eigenvalue weighted by molar-refractivity contribution is 0.0747. The number of fused-ring (bicyclic) bond motifs is 2. The standard InChI is InChI=1S/C26H20N6O3S/c27-26-29-22-10-9-17(20-7-3-4-8-23(20)36(34,35)32-12-11-28-16-32)13-21(22)24(30-26)25(33)31-14-18-5-1-2-6-19(18)15-31/h1-13,16H,14-15H2,(H2,27,29,30). The van der Waals surface area contributed by atoms with E-state index in [9.17, 15) is 13.2 Å². The number of aromatic nitrogens is 4. The number of hydrogen-bond acceptors (Lipinski definition) is 7. The SMILES string of the molecule is Nc1nc(C(=O)N2Cc3ccccc3C2)c2cc(-c3ccccc3S(=O)(=O)n3ccnc3)ccc2n1. The first-order chi connectivity index (χ1) is 17.4. The van der Waals surface area contributed by atoms with Crippen LogP contribution in [0.15, 0.2) is 90.3 Å². The second-order valence-corrected chi connectivity index (χ2v) is 10.3. The van der Waals surface area contributed by atoms with Gasteiger partial charge < -0.3 is 10.6 Å². The van der Waals surface area contributed by atoms with E-state index in [1.165, 1.54) is 18.7 Å².